The van der Waals surface area contributed by atoms with Gasteiger partial charge in [0.25, 0.3) is 5.91 Å². The topological polar surface area (TPSA) is 142 Å². The van der Waals surface area contributed by atoms with Crippen molar-refractivity contribution >= 4 is 21.6 Å². The first-order valence-electron chi connectivity index (χ1n) is 11.5. The van der Waals surface area contributed by atoms with Crippen molar-refractivity contribution in [3.05, 3.63) is 54.2 Å². The van der Waals surface area contributed by atoms with Gasteiger partial charge in [0.05, 0.1) is 22.8 Å². The van der Waals surface area contributed by atoms with Crippen LogP contribution in [0.2, 0.25) is 0 Å². The minimum absolute atomic E-state index is 0.210. The highest BCUT2D eigenvalue weighted by Gasteiger charge is 2.30. The molecule has 2 aromatic heterocycles. The lowest BCUT2D eigenvalue weighted by molar-refractivity contribution is 0.0785. The summed E-state index contributed by atoms with van der Waals surface area (Å²) in [5, 5.41) is 6.35. The maximum Gasteiger partial charge on any atom is 0.252 e. The number of sulfone groups is 1. The predicted octanol–water partition coefficient (Wildman–Crippen LogP) is 0.972. The molecule has 5 rings (SSSR count). The lowest BCUT2D eigenvalue weighted by Gasteiger charge is -2.28. The average Bonchev–Trinajstić information content (AvgIpc) is 3.36. The van der Waals surface area contributed by atoms with Crippen molar-refractivity contribution in [1.29, 1.82) is 0 Å². The summed E-state index contributed by atoms with van der Waals surface area (Å²) in [5.41, 5.74) is 8.29. The Balaban J connectivity index is 1.42. The number of H-pyrrole nitrogens is 1. The number of morpholine rings is 1. The fourth-order valence-corrected chi connectivity index (χ4v) is 5.82. The van der Waals surface area contributed by atoms with Crippen molar-refractivity contribution in [3.63, 3.8) is 0 Å². The van der Waals surface area contributed by atoms with E-state index in [0.717, 1.165) is 48.8 Å². The molecule has 1 amide bonds. The molecule has 5 N–H and O–H groups in total. The van der Waals surface area contributed by atoms with Crippen molar-refractivity contribution in [3.8, 4) is 22.5 Å². The van der Waals surface area contributed by atoms with Crippen LogP contribution in [0.25, 0.3) is 22.5 Å². The van der Waals surface area contributed by atoms with E-state index in [1.54, 1.807) is 36.5 Å². The van der Waals surface area contributed by atoms with Gasteiger partial charge in [0.15, 0.2) is 5.44 Å². The first-order chi connectivity index (χ1) is 16.9. The number of rotatable bonds is 6. The molecule has 2 fully saturated rings. The number of aromatic amines is 1. The molecule has 0 bridgehead atoms. The summed E-state index contributed by atoms with van der Waals surface area (Å²) >= 11 is 0. The quantitative estimate of drug-likeness (QED) is 0.396. The Morgan fingerprint density at radius 2 is 1.80 bits per heavy atom. The van der Waals surface area contributed by atoms with Crippen LogP contribution in [-0.4, -0.2) is 75.6 Å². The van der Waals surface area contributed by atoms with Gasteiger partial charge in [-0.1, -0.05) is 12.1 Å². The van der Waals surface area contributed by atoms with Crippen LogP contribution in [0.15, 0.2) is 53.6 Å². The Morgan fingerprint density at radius 3 is 2.49 bits per heavy atom. The van der Waals surface area contributed by atoms with E-state index in [0.29, 0.717) is 24.4 Å². The van der Waals surface area contributed by atoms with Gasteiger partial charge in [-0.25, -0.2) is 8.42 Å². The van der Waals surface area contributed by atoms with Crippen LogP contribution in [-0.2, 0) is 14.6 Å². The second-order valence-electron chi connectivity index (χ2n) is 8.55. The molecule has 2 aliphatic rings. The SMILES string of the molecule is NC(=O)c1cc(-c2ccnc(-c3ccc(S(=O)(=O)C4CNCCO4)cc3)c2)[nH]c1N1CCNCC1. The Hall–Kier alpha value is -3.25. The lowest BCUT2D eigenvalue weighted by atomic mass is 10.1. The summed E-state index contributed by atoms with van der Waals surface area (Å²) in [6, 6.07) is 12.2. The van der Waals surface area contributed by atoms with Crippen LogP contribution < -0.4 is 21.3 Å². The van der Waals surface area contributed by atoms with E-state index >= 15 is 0 Å². The van der Waals surface area contributed by atoms with E-state index in [1.807, 2.05) is 12.1 Å². The van der Waals surface area contributed by atoms with Gasteiger partial charge in [0.1, 0.15) is 5.82 Å². The minimum atomic E-state index is -3.60. The number of amides is 1. The van der Waals surface area contributed by atoms with Crippen molar-refractivity contribution in [1.82, 2.24) is 20.6 Å². The summed E-state index contributed by atoms with van der Waals surface area (Å²) in [6.45, 7) is 4.50. The van der Waals surface area contributed by atoms with Gasteiger partial charge in [-0.3, -0.25) is 9.78 Å². The molecule has 0 spiro atoms. The fraction of sp³-hybridized carbons (Fsp3) is 0.333. The number of nitrogens with zero attached hydrogens (tertiary/aromatic N) is 2. The molecule has 0 radical (unpaired) electrons. The number of piperazine rings is 1. The third-order valence-electron chi connectivity index (χ3n) is 6.28. The lowest BCUT2D eigenvalue weighted by Crippen LogP contribution is -2.44. The Bertz CT molecular complexity index is 1310. The predicted molar refractivity (Wildman–Crippen MR) is 133 cm³/mol. The molecular weight excluding hydrogens is 468 g/mol. The third kappa shape index (κ3) is 4.80. The number of pyridine rings is 1. The summed E-state index contributed by atoms with van der Waals surface area (Å²) in [4.78, 5) is 22.3. The smallest absolute Gasteiger partial charge is 0.252 e. The molecule has 2 saturated heterocycles. The molecule has 2 aliphatic heterocycles. The fourth-order valence-electron chi connectivity index (χ4n) is 4.39. The Morgan fingerprint density at radius 1 is 1.03 bits per heavy atom. The zero-order valence-corrected chi connectivity index (χ0v) is 20.0. The zero-order valence-electron chi connectivity index (χ0n) is 19.2. The van der Waals surface area contributed by atoms with Crippen LogP contribution in [0, 0.1) is 0 Å². The van der Waals surface area contributed by atoms with Gasteiger partial charge in [-0.05, 0) is 30.3 Å². The number of primary amides is 1. The summed E-state index contributed by atoms with van der Waals surface area (Å²) < 4.78 is 31.2. The maximum atomic E-state index is 12.9. The molecular formula is C24H28N6O4S. The third-order valence-corrected chi connectivity index (χ3v) is 8.21. The Labute approximate surface area is 203 Å². The molecule has 11 heteroatoms. The summed E-state index contributed by atoms with van der Waals surface area (Å²) in [7, 11) is -3.60. The molecule has 184 valence electrons. The van der Waals surface area contributed by atoms with E-state index in [1.165, 1.54) is 0 Å². The highest BCUT2D eigenvalue weighted by Crippen LogP contribution is 2.30. The number of carbonyl (C=O) groups excluding carboxylic acids is 1. The highest BCUT2D eigenvalue weighted by atomic mass is 32.2. The van der Waals surface area contributed by atoms with Crippen molar-refractivity contribution in [2.75, 3.05) is 50.8 Å². The highest BCUT2D eigenvalue weighted by molar-refractivity contribution is 7.92. The van der Waals surface area contributed by atoms with Crippen molar-refractivity contribution in [2.24, 2.45) is 5.73 Å². The first kappa shape index (κ1) is 23.5. The van der Waals surface area contributed by atoms with Crippen molar-refractivity contribution in [2.45, 2.75) is 10.3 Å². The van der Waals surface area contributed by atoms with Crippen LogP contribution in [0.5, 0.6) is 0 Å². The second kappa shape index (κ2) is 9.78. The second-order valence-corrected chi connectivity index (χ2v) is 10.6. The number of aromatic nitrogens is 2. The van der Waals surface area contributed by atoms with E-state index < -0.39 is 21.2 Å². The number of hydrogen-bond donors (Lipinski definition) is 4. The number of carbonyl (C=O) groups is 1. The van der Waals surface area contributed by atoms with Gasteiger partial charge in [0.2, 0.25) is 9.84 Å². The molecule has 3 aromatic rings. The Kier molecular flexibility index (Phi) is 6.56. The van der Waals surface area contributed by atoms with Gasteiger partial charge in [0, 0.05) is 62.3 Å². The monoisotopic (exact) mass is 496 g/mol. The number of hydrogen-bond acceptors (Lipinski definition) is 8. The number of benzene rings is 1. The summed E-state index contributed by atoms with van der Waals surface area (Å²) in [6.07, 6.45) is 1.69. The van der Waals surface area contributed by atoms with Crippen molar-refractivity contribution < 1.29 is 17.9 Å². The molecule has 35 heavy (non-hydrogen) atoms. The van der Waals surface area contributed by atoms with E-state index in [2.05, 4.69) is 25.5 Å². The maximum absolute atomic E-state index is 12.9. The van der Waals surface area contributed by atoms with E-state index in [9.17, 15) is 13.2 Å². The number of ether oxygens (including phenoxy) is 1. The average molecular weight is 497 g/mol. The largest absolute Gasteiger partial charge is 0.365 e. The van der Waals surface area contributed by atoms with Gasteiger partial charge >= 0.3 is 0 Å². The number of nitrogens with two attached hydrogens (primary N) is 1. The molecule has 1 atom stereocenters. The number of nitrogens with one attached hydrogen (secondary N) is 3. The summed E-state index contributed by atoms with van der Waals surface area (Å²) in [5.74, 6) is 0.241. The van der Waals surface area contributed by atoms with Crippen LogP contribution in [0.3, 0.4) is 0 Å². The van der Waals surface area contributed by atoms with Crippen LogP contribution >= 0.6 is 0 Å². The minimum Gasteiger partial charge on any atom is -0.365 e. The zero-order chi connectivity index (χ0) is 24.4. The molecule has 1 unspecified atom stereocenters. The van der Waals surface area contributed by atoms with E-state index in [-0.39, 0.29) is 11.4 Å². The van der Waals surface area contributed by atoms with Gasteiger partial charge < -0.3 is 31.0 Å². The van der Waals surface area contributed by atoms with E-state index in [4.69, 9.17) is 10.5 Å². The molecule has 4 heterocycles. The van der Waals surface area contributed by atoms with Crippen LogP contribution in [0.4, 0.5) is 5.82 Å². The van der Waals surface area contributed by atoms with Gasteiger partial charge in [-0.2, -0.15) is 0 Å². The standard InChI is InChI=1S/C24H28N6O4S/c25-23(31)19-14-21(29-24(19)30-10-7-26-8-11-30)17-5-6-28-20(13-17)16-1-3-18(4-2-16)35(32,33)22-15-27-9-12-34-22/h1-6,13-14,22,26-27,29H,7-12,15H2,(H2,25,31). The molecule has 1 aromatic carbocycles. The van der Waals surface area contributed by atoms with Gasteiger partial charge in [-0.15, -0.1) is 0 Å². The molecule has 0 saturated carbocycles. The van der Waals surface area contributed by atoms with Crippen LogP contribution in [0.1, 0.15) is 10.4 Å². The molecule has 0 aliphatic carbocycles. The molecule has 10 nitrogen and oxygen atoms in total. The number of anilines is 1. The normalized spacial score (nSPS) is 19.0. The first-order valence-corrected chi connectivity index (χ1v) is 13.1.